The molecule has 8 heteroatoms. The maximum Gasteiger partial charge on any atom is 0.254 e. The fourth-order valence-corrected chi connectivity index (χ4v) is 2.46. The standard InChI is InChI=1S/C19H16F2N2O4/c1-10(27-15-8-7-13(20)16(17(15)21)18(22)24)19-23-14(9-26-19)11-3-5-12(25-2)6-4-11/h3-10H,1-2H3,(H2,22,24)/t10-/m0/s1. The van der Waals surface area contributed by atoms with Crippen LogP contribution in [0.5, 0.6) is 11.5 Å². The molecule has 0 aliphatic rings. The molecule has 140 valence electrons. The SMILES string of the molecule is COc1ccc(-c2coc([C@H](C)Oc3ccc(F)c(C(N)=O)c3F)n2)cc1. The Bertz CT molecular complexity index is 970. The van der Waals surface area contributed by atoms with E-state index >= 15 is 0 Å². The van der Waals surface area contributed by atoms with Crippen molar-refractivity contribution in [2.45, 2.75) is 13.0 Å². The number of halogens is 2. The molecule has 2 N–H and O–H groups in total. The van der Waals surface area contributed by atoms with Gasteiger partial charge in [-0.25, -0.2) is 13.8 Å². The lowest BCUT2D eigenvalue weighted by molar-refractivity contribution is 0.0989. The average molecular weight is 374 g/mol. The maximum absolute atomic E-state index is 14.3. The molecule has 0 aliphatic carbocycles. The molecular formula is C19H16F2N2O4. The summed E-state index contributed by atoms with van der Waals surface area (Å²) in [4.78, 5) is 15.5. The van der Waals surface area contributed by atoms with Crippen LogP contribution in [0.15, 0.2) is 47.1 Å². The van der Waals surface area contributed by atoms with Crippen molar-refractivity contribution in [3.05, 3.63) is 65.7 Å². The molecular weight excluding hydrogens is 358 g/mol. The predicted molar refractivity (Wildman–Crippen MR) is 92.4 cm³/mol. The highest BCUT2D eigenvalue weighted by atomic mass is 19.1. The molecule has 1 aromatic heterocycles. The molecule has 2 aromatic carbocycles. The molecule has 1 atom stereocenters. The van der Waals surface area contributed by atoms with Crippen molar-refractivity contribution in [3.63, 3.8) is 0 Å². The molecule has 0 fully saturated rings. The van der Waals surface area contributed by atoms with Gasteiger partial charge in [-0.2, -0.15) is 0 Å². The van der Waals surface area contributed by atoms with Gasteiger partial charge in [0.05, 0.1) is 7.11 Å². The quantitative estimate of drug-likeness (QED) is 0.708. The van der Waals surface area contributed by atoms with E-state index in [0.717, 1.165) is 17.7 Å². The van der Waals surface area contributed by atoms with Gasteiger partial charge in [-0.1, -0.05) is 0 Å². The van der Waals surface area contributed by atoms with Crippen LogP contribution < -0.4 is 15.2 Å². The molecule has 0 unspecified atom stereocenters. The lowest BCUT2D eigenvalue weighted by Crippen LogP contribution is -2.16. The van der Waals surface area contributed by atoms with Crippen LogP contribution in [-0.4, -0.2) is 18.0 Å². The normalized spacial score (nSPS) is 11.9. The first-order chi connectivity index (χ1) is 12.9. The van der Waals surface area contributed by atoms with E-state index in [4.69, 9.17) is 19.6 Å². The molecule has 1 amide bonds. The van der Waals surface area contributed by atoms with E-state index in [-0.39, 0.29) is 11.6 Å². The molecule has 0 aliphatic heterocycles. The molecule has 0 saturated carbocycles. The van der Waals surface area contributed by atoms with Crippen LogP contribution in [0.1, 0.15) is 29.3 Å². The van der Waals surface area contributed by atoms with E-state index < -0.39 is 29.2 Å². The number of oxazole rings is 1. The summed E-state index contributed by atoms with van der Waals surface area (Å²) in [6.07, 6.45) is 0.644. The van der Waals surface area contributed by atoms with Gasteiger partial charge < -0.3 is 19.6 Å². The first kappa shape index (κ1) is 18.4. The summed E-state index contributed by atoms with van der Waals surface area (Å²) in [7, 11) is 1.57. The number of ether oxygens (including phenoxy) is 2. The number of aromatic nitrogens is 1. The molecule has 27 heavy (non-hydrogen) atoms. The van der Waals surface area contributed by atoms with Gasteiger partial charge >= 0.3 is 0 Å². The monoisotopic (exact) mass is 374 g/mol. The number of benzene rings is 2. The molecule has 3 aromatic rings. The highest BCUT2D eigenvalue weighted by molar-refractivity contribution is 5.93. The number of carbonyl (C=O) groups excluding carboxylic acids is 1. The van der Waals surface area contributed by atoms with E-state index in [1.165, 1.54) is 6.26 Å². The van der Waals surface area contributed by atoms with Crippen molar-refractivity contribution in [3.8, 4) is 22.8 Å². The lowest BCUT2D eigenvalue weighted by atomic mass is 10.1. The van der Waals surface area contributed by atoms with E-state index in [0.29, 0.717) is 11.4 Å². The fourth-order valence-electron chi connectivity index (χ4n) is 2.46. The summed E-state index contributed by atoms with van der Waals surface area (Å²) in [6.45, 7) is 1.58. The Kier molecular flexibility index (Phi) is 5.07. The molecule has 0 saturated heterocycles. The number of methoxy groups -OCH3 is 1. The zero-order chi connectivity index (χ0) is 19.6. The lowest BCUT2D eigenvalue weighted by Gasteiger charge is -2.13. The van der Waals surface area contributed by atoms with Crippen molar-refractivity contribution in [1.29, 1.82) is 0 Å². The summed E-state index contributed by atoms with van der Waals surface area (Å²) in [5, 5.41) is 0. The molecule has 3 rings (SSSR count). The summed E-state index contributed by atoms with van der Waals surface area (Å²) in [5.41, 5.74) is 5.49. The first-order valence-corrected chi connectivity index (χ1v) is 7.95. The fraction of sp³-hybridized carbons (Fsp3) is 0.158. The Hall–Kier alpha value is -3.42. The van der Waals surface area contributed by atoms with E-state index in [1.807, 2.05) is 12.1 Å². The first-order valence-electron chi connectivity index (χ1n) is 7.95. The third kappa shape index (κ3) is 3.74. The third-order valence-corrected chi connectivity index (χ3v) is 3.86. The predicted octanol–water partition coefficient (Wildman–Crippen LogP) is 3.87. The van der Waals surface area contributed by atoms with E-state index in [9.17, 15) is 13.6 Å². The van der Waals surface area contributed by atoms with Gasteiger partial charge in [0, 0.05) is 5.56 Å². The molecule has 1 heterocycles. The van der Waals surface area contributed by atoms with E-state index in [2.05, 4.69) is 4.98 Å². The summed E-state index contributed by atoms with van der Waals surface area (Å²) >= 11 is 0. The number of carbonyl (C=O) groups is 1. The van der Waals surface area contributed by atoms with E-state index in [1.54, 1.807) is 26.2 Å². The highest BCUT2D eigenvalue weighted by Crippen LogP contribution is 2.29. The smallest absolute Gasteiger partial charge is 0.254 e. The van der Waals surface area contributed by atoms with Gasteiger partial charge in [-0.3, -0.25) is 4.79 Å². The molecule has 0 bridgehead atoms. The van der Waals surface area contributed by atoms with Crippen LogP contribution in [0.4, 0.5) is 8.78 Å². The van der Waals surface area contributed by atoms with Crippen LogP contribution in [0.3, 0.4) is 0 Å². The van der Waals surface area contributed by atoms with Crippen LogP contribution in [0.2, 0.25) is 0 Å². The second-order valence-corrected chi connectivity index (χ2v) is 5.66. The molecule has 6 nitrogen and oxygen atoms in total. The second-order valence-electron chi connectivity index (χ2n) is 5.66. The van der Waals surface area contributed by atoms with Gasteiger partial charge in [0.25, 0.3) is 5.91 Å². The third-order valence-electron chi connectivity index (χ3n) is 3.86. The van der Waals surface area contributed by atoms with Crippen LogP contribution in [-0.2, 0) is 0 Å². The average Bonchev–Trinajstić information content (AvgIpc) is 3.14. The van der Waals surface area contributed by atoms with Gasteiger partial charge in [-0.15, -0.1) is 0 Å². The largest absolute Gasteiger partial charge is 0.497 e. The van der Waals surface area contributed by atoms with Crippen LogP contribution in [0.25, 0.3) is 11.3 Å². The second kappa shape index (κ2) is 7.45. The van der Waals surface area contributed by atoms with Gasteiger partial charge in [0.15, 0.2) is 17.7 Å². The van der Waals surface area contributed by atoms with Gasteiger partial charge in [-0.05, 0) is 43.3 Å². The van der Waals surface area contributed by atoms with Crippen molar-refractivity contribution >= 4 is 5.91 Å². The Morgan fingerprint density at radius 1 is 1.19 bits per heavy atom. The summed E-state index contributed by atoms with van der Waals surface area (Å²) in [6, 6.07) is 9.16. The Labute approximate surface area is 153 Å². The van der Waals surface area contributed by atoms with Crippen LogP contribution >= 0.6 is 0 Å². The number of rotatable bonds is 6. The van der Waals surface area contributed by atoms with Gasteiger partial charge in [0.1, 0.15) is 29.1 Å². The van der Waals surface area contributed by atoms with Crippen molar-refractivity contribution in [2.24, 2.45) is 5.73 Å². The maximum atomic E-state index is 14.3. The minimum atomic E-state index is -1.22. The Morgan fingerprint density at radius 3 is 2.52 bits per heavy atom. The van der Waals surface area contributed by atoms with Crippen molar-refractivity contribution in [1.82, 2.24) is 4.98 Å². The minimum Gasteiger partial charge on any atom is -0.497 e. The number of hydrogen-bond donors (Lipinski definition) is 1. The number of amides is 1. The molecule has 0 spiro atoms. The number of nitrogens with two attached hydrogens (primary N) is 1. The number of hydrogen-bond acceptors (Lipinski definition) is 5. The summed E-state index contributed by atoms with van der Waals surface area (Å²) in [5.74, 6) is -2.89. The topological polar surface area (TPSA) is 87.6 Å². The zero-order valence-corrected chi connectivity index (χ0v) is 14.5. The van der Waals surface area contributed by atoms with Gasteiger partial charge in [0.2, 0.25) is 5.89 Å². The van der Waals surface area contributed by atoms with Crippen molar-refractivity contribution in [2.75, 3.05) is 7.11 Å². The zero-order valence-electron chi connectivity index (χ0n) is 14.5. The Balaban J connectivity index is 1.81. The van der Waals surface area contributed by atoms with Crippen LogP contribution in [0, 0.1) is 11.6 Å². The Morgan fingerprint density at radius 2 is 1.89 bits per heavy atom. The molecule has 0 radical (unpaired) electrons. The van der Waals surface area contributed by atoms with Crippen molar-refractivity contribution < 1.29 is 27.5 Å². The minimum absolute atomic E-state index is 0.185. The summed E-state index contributed by atoms with van der Waals surface area (Å²) < 4.78 is 43.8. The number of primary amides is 1. The highest BCUT2D eigenvalue weighted by Gasteiger charge is 2.22. The number of nitrogens with zero attached hydrogens (tertiary/aromatic N) is 1.